The number of ketones is 1. The molecule has 0 amide bonds. The molecule has 3 nitrogen and oxygen atoms in total. The van der Waals surface area contributed by atoms with Crippen molar-refractivity contribution in [3.63, 3.8) is 0 Å². The molecular weight excluding hydrogens is 364 g/mol. The van der Waals surface area contributed by atoms with Crippen molar-refractivity contribution < 1.29 is 4.79 Å². The van der Waals surface area contributed by atoms with Gasteiger partial charge >= 0.3 is 0 Å². The zero-order valence-electron chi connectivity index (χ0n) is 14.4. The Hall–Kier alpha value is -1.91. The van der Waals surface area contributed by atoms with Gasteiger partial charge in [0, 0.05) is 35.9 Å². The minimum Gasteiger partial charge on any atom is -0.373 e. The lowest BCUT2D eigenvalue weighted by Crippen LogP contribution is -2.28. The van der Waals surface area contributed by atoms with E-state index in [4.69, 9.17) is 0 Å². The van der Waals surface area contributed by atoms with Gasteiger partial charge in [-0.25, -0.2) is 0 Å². The Morgan fingerprint density at radius 3 is 2.29 bits per heavy atom. The van der Waals surface area contributed by atoms with Gasteiger partial charge in [-0.1, -0.05) is 46.3 Å². The SMILES string of the molecule is CN(C)CCN(C)c1ccc(/C=C/C(=O)c2ccccc2Br)cc1. The van der Waals surface area contributed by atoms with Crippen molar-refractivity contribution in [1.29, 1.82) is 0 Å². The van der Waals surface area contributed by atoms with E-state index >= 15 is 0 Å². The number of benzene rings is 2. The van der Waals surface area contributed by atoms with Crippen LogP contribution < -0.4 is 4.90 Å². The first kappa shape index (κ1) is 18.4. The van der Waals surface area contributed by atoms with E-state index in [0.717, 1.165) is 23.1 Å². The minimum atomic E-state index is -0.00495. The van der Waals surface area contributed by atoms with Crippen molar-refractivity contribution in [3.8, 4) is 0 Å². The number of likely N-dealkylation sites (N-methyl/N-ethyl adjacent to an activating group) is 2. The predicted octanol–water partition coefficient (Wildman–Crippen LogP) is 4.34. The first-order valence-electron chi connectivity index (χ1n) is 7.90. The monoisotopic (exact) mass is 386 g/mol. The number of allylic oxidation sites excluding steroid dienone is 1. The average molecular weight is 387 g/mol. The largest absolute Gasteiger partial charge is 0.373 e. The summed E-state index contributed by atoms with van der Waals surface area (Å²) in [6.45, 7) is 1.99. The van der Waals surface area contributed by atoms with Crippen LogP contribution in [0.5, 0.6) is 0 Å². The van der Waals surface area contributed by atoms with Crippen LogP contribution in [-0.2, 0) is 0 Å². The molecule has 2 aromatic carbocycles. The fourth-order valence-electron chi connectivity index (χ4n) is 2.24. The van der Waals surface area contributed by atoms with E-state index < -0.39 is 0 Å². The summed E-state index contributed by atoms with van der Waals surface area (Å²) in [6.07, 6.45) is 3.47. The third-order valence-corrected chi connectivity index (χ3v) is 4.47. The fourth-order valence-corrected chi connectivity index (χ4v) is 2.72. The Morgan fingerprint density at radius 1 is 1.00 bits per heavy atom. The molecule has 0 unspecified atom stereocenters. The van der Waals surface area contributed by atoms with Crippen molar-refractivity contribution in [3.05, 3.63) is 70.2 Å². The second-order valence-electron chi connectivity index (χ2n) is 5.99. The van der Waals surface area contributed by atoms with Crippen molar-refractivity contribution in [2.75, 3.05) is 39.1 Å². The van der Waals surface area contributed by atoms with Crippen LogP contribution in [0.1, 0.15) is 15.9 Å². The molecular formula is C20H23BrN2O. The lowest BCUT2D eigenvalue weighted by atomic mass is 10.1. The maximum absolute atomic E-state index is 12.2. The molecule has 0 saturated heterocycles. The summed E-state index contributed by atoms with van der Waals surface area (Å²) in [6, 6.07) is 15.7. The van der Waals surface area contributed by atoms with Gasteiger partial charge in [-0.15, -0.1) is 0 Å². The third-order valence-electron chi connectivity index (χ3n) is 3.78. The zero-order valence-corrected chi connectivity index (χ0v) is 16.0. The maximum atomic E-state index is 12.2. The Morgan fingerprint density at radius 2 is 1.67 bits per heavy atom. The second kappa shape index (κ2) is 8.81. The Balaban J connectivity index is 2.01. The molecule has 2 rings (SSSR count). The molecule has 0 fully saturated rings. The summed E-state index contributed by atoms with van der Waals surface area (Å²) in [5.41, 5.74) is 2.86. The number of nitrogens with zero attached hydrogens (tertiary/aromatic N) is 2. The highest BCUT2D eigenvalue weighted by Crippen LogP contribution is 2.18. The van der Waals surface area contributed by atoms with Gasteiger partial charge in [-0.3, -0.25) is 4.79 Å². The second-order valence-corrected chi connectivity index (χ2v) is 6.85. The number of anilines is 1. The van der Waals surface area contributed by atoms with Crippen molar-refractivity contribution in [2.45, 2.75) is 0 Å². The van der Waals surface area contributed by atoms with Crippen LogP contribution in [0.2, 0.25) is 0 Å². The van der Waals surface area contributed by atoms with Gasteiger partial charge in [0.25, 0.3) is 0 Å². The van der Waals surface area contributed by atoms with E-state index in [-0.39, 0.29) is 5.78 Å². The third kappa shape index (κ3) is 5.32. The lowest BCUT2D eigenvalue weighted by Gasteiger charge is -2.21. The summed E-state index contributed by atoms with van der Waals surface area (Å²) in [5.74, 6) is -0.00495. The lowest BCUT2D eigenvalue weighted by molar-refractivity contribution is 0.104. The molecule has 24 heavy (non-hydrogen) atoms. The highest BCUT2D eigenvalue weighted by molar-refractivity contribution is 9.10. The topological polar surface area (TPSA) is 23.6 Å². The van der Waals surface area contributed by atoms with Gasteiger partial charge in [0.15, 0.2) is 5.78 Å². The number of rotatable bonds is 7. The smallest absolute Gasteiger partial charge is 0.186 e. The van der Waals surface area contributed by atoms with Gasteiger partial charge in [-0.05, 0) is 50.0 Å². The van der Waals surface area contributed by atoms with E-state index in [1.165, 1.54) is 5.69 Å². The van der Waals surface area contributed by atoms with Gasteiger partial charge in [0.05, 0.1) is 0 Å². The van der Waals surface area contributed by atoms with Gasteiger partial charge in [0.1, 0.15) is 0 Å². The molecule has 0 spiro atoms. The minimum absolute atomic E-state index is 0.00495. The predicted molar refractivity (Wildman–Crippen MR) is 106 cm³/mol. The molecule has 0 heterocycles. The normalized spacial score (nSPS) is 11.2. The molecule has 0 aliphatic carbocycles. The molecule has 0 atom stereocenters. The summed E-state index contributed by atoms with van der Waals surface area (Å²) in [5, 5.41) is 0. The van der Waals surface area contributed by atoms with Crippen LogP contribution >= 0.6 is 15.9 Å². The highest BCUT2D eigenvalue weighted by Gasteiger charge is 2.05. The Kier molecular flexibility index (Phi) is 6.76. The summed E-state index contributed by atoms with van der Waals surface area (Å²) in [7, 11) is 6.23. The molecule has 0 bridgehead atoms. The van der Waals surface area contributed by atoms with E-state index in [9.17, 15) is 4.79 Å². The van der Waals surface area contributed by atoms with Crippen molar-refractivity contribution >= 4 is 33.5 Å². The summed E-state index contributed by atoms with van der Waals surface area (Å²) < 4.78 is 0.817. The molecule has 0 aliphatic rings. The molecule has 0 radical (unpaired) electrons. The number of carbonyl (C=O) groups is 1. The summed E-state index contributed by atoms with van der Waals surface area (Å²) in [4.78, 5) is 16.6. The zero-order chi connectivity index (χ0) is 17.5. The number of carbonyl (C=O) groups excluding carboxylic acids is 1. The standard InChI is InChI=1S/C20H23BrN2O/c1-22(2)14-15-23(3)17-11-8-16(9-12-17)10-13-20(24)18-6-4-5-7-19(18)21/h4-13H,14-15H2,1-3H3/b13-10+. The summed E-state index contributed by atoms with van der Waals surface area (Å²) >= 11 is 3.41. The van der Waals surface area contributed by atoms with Crippen molar-refractivity contribution in [1.82, 2.24) is 4.90 Å². The average Bonchev–Trinajstić information content (AvgIpc) is 2.58. The molecule has 0 saturated carbocycles. The molecule has 2 aromatic rings. The fraction of sp³-hybridized carbons (Fsp3) is 0.250. The van der Waals surface area contributed by atoms with Gasteiger partial charge in [0.2, 0.25) is 0 Å². The maximum Gasteiger partial charge on any atom is 0.186 e. The van der Waals surface area contributed by atoms with Crippen LogP contribution in [0, 0.1) is 0 Å². The first-order valence-corrected chi connectivity index (χ1v) is 8.69. The number of halogens is 1. The van der Waals surface area contributed by atoms with E-state index in [1.54, 1.807) is 6.08 Å². The molecule has 0 N–H and O–H groups in total. The highest BCUT2D eigenvalue weighted by atomic mass is 79.9. The van der Waals surface area contributed by atoms with E-state index in [0.29, 0.717) is 5.56 Å². The Labute approximate surface area is 152 Å². The van der Waals surface area contributed by atoms with E-state index in [1.807, 2.05) is 42.5 Å². The number of hydrogen-bond acceptors (Lipinski definition) is 3. The molecule has 4 heteroatoms. The van der Waals surface area contributed by atoms with Crippen LogP contribution in [0.4, 0.5) is 5.69 Å². The van der Waals surface area contributed by atoms with Crippen LogP contribution in [0.25, 0.3) is 6.08 Å². The van der Waals surface area contributed by atoms with Gasteiger partial charge < -0.3 is 9.80 Å². The Bertz CT molecular complexity index is 708. The quantitative estimate of drug-likeness (QED) is 0.522. The van der Waals surface area contributed by atoms with Gasteiger partial charge in [-0.2, -0.15) is 0 Å². The van der Waals surface area contributed by atoms with Crippen LogP contribution in [0.15, 0.2) is 59.1 Å². The van der Waals surface area contributed by atoms with Crippen molar-refractivity contribution in [2.24, 2.45) is 0 Å². The number of hydrogen-bond donors (Lipinski definition) is 0. The molecule has 0 aromatic heterocycles. The van der Waals surface area contributed by atoms with Crippen LogP contribution in [0.3, 0.4) is 0 Å². The van der Waals surface area contributed by atoms with E-state index in [2.05, 4.69) is 59.0 Å². The molecule has 0 aliphatic heterocycles. The molecule has 126 valence electrons. The first-order chi connectivity index (χ1) is 11.5. The van der Waals surface area contributed by atoms with Crippen LogP contribution in [-0.4, -0.2) is 44.9 Å².